The molecule has 4 fully saturated rings. The molecule has 2 aromatic rings. The highest BCUT2D eigenvalue weighted by atomic mass is 19.3. The third-order valence-electron chi connectivity index (χ3n) is 9.06. The van der Waals surface area contributed by atoms with Gasteiger partial charge in [0, 0.05) is 36.1 Å². The Labute approximate surface area is 230 Å². The molecule has 0 radical (unpaired) electrons. The van der Waals surface area contributed by atoms with Gasteiger partial charge in [0.2, 0.25) is 11.8 Å². The number of amides is 3. The van der Waals surface area contributed by atoms with Crippen molar-refractivity contribution < 1.29 is 28.3 Å². The summed E-state index contributed by atoms with van der Waals surface area (Å²) in [7, 11) is 0. The normalized spacial score (nSPS) is 28.1. The largest absolute Gasteiger partial charge is 0.372 e. The van der Waals surface area contributed by atoms with E-state index in [4.69, 9.17) is 0 Å². The first-order valence-electron chi connectivity index (χ1n) is 13.8. The minimum Gasteiger partial charge on any atom is -0.372 e. The second kappa shape index (κ2) is 9.66. The lowest BCUT2D eigenvalue weighted by Gasteiger charge is -2.54. The zero-order chi connectivity index (χ0) is 28.2. The van der Waals surface area contributed by atoms with Gasteiger partial charge < -0.3 is 20.6 Å². The highest BCUT2D eigenvalue weighted by molar-refractivity contribution is 6.01. The van der Waals surface area contributed by atoms with Crippen molar-refractivity contribution in [1.82, 2.24) is 15.5 Å². The average Bonchev–Trinajstić information content (AvgIpc) is 3.22. The molecule has 8 nitrogen and oxygen atoms in total. The summed E-state index contributed by atoms with van der Waals surface area (Å²) < 4.78 is 30.5. The molecule has 5 unspecified atom stereocenters. The maximum atomic E-state index is 15.2. The first-order valence-corrected chi connectivity index (χ1v) is 13.8. The van der Waals surface area contributed by atoms with Gasteiger partial charge in [-0.2, -0.15) is 5.26 Å². The third kappa shape index (κ3) is 3.98. The Hall–Kier alpha value is -3.84. The number of carbonyl (C=O) groups excluding carboxylic acids is 3. The number of alkyl halides is 2. The molecule has 5 aliphatic rings. The van der Waals surface area contributed by atoms with Gasteiger partial charge in [-0.1, -0.05) is 48.5 Å². The minimum atomic E-state index is -3.19. The van der Waals surface area contributed by atoms with Gasteiger partial charge in [-0.15, -0.1) is 0 Å². The molecule has 3 saturated heterocycles. The Morgan fingerprint density at radius 3 is 2.35 bits per heavy atom. The Morgan fingerprint density at radius 2 is 1.75 bits per heavy atom. The van der Waals surface area contributed by atoms with Crippen molar-refractivity contribution in [1.29, 1.82) is 5.26 Å². The second-order valence-electron chi connectivity index (χ2n) is 11.3. The molecule has 10 heteroatoms. The van der Waals surface area contributed by atoms with Gasteiger partial charge >= 0.3 is 0 Å². The van der Waals surface area contributed by atoms with Crippen molar-refractivity contribution in [2.24, 2.45) is 11.8 Å². The van der Waals surface area contributed by atoms with E-state index in [1.807, 2.05) is 6.07 Å². The van der Waals surface area contributed by atoms with Crippen molar-refractivity contribution in [2.75, 3.05) is 6.54 Å². The van der Waals surface area contributed by atoms with E-state index in [0.29, 0.717) is 35.2 Å². The van der Waals surface area contributed by atoms with E-state index in [1.165, 1.54) is 0 Å². The molecule has 40 heavy (non-hydrogen) atoms. The van der Waals surface area contributed by atoms with Crippen LogP contribution in [0.15, 0.2) is 48.5 Å². The van der Waals surface area contributed by atoms with Crippen LogP contribution in [0.2, 0.25) is 0 Å². The molecule has 2 aromatic carbocycles. The molecule has 2 bridgehead atoms. The number of hydrogen-bond acceptors (Lipinski definition) is 5. The zero-order valence-electron chi connectivity index (χ0n) is 21.8. The van der Waals surface area contributed by atoms with Gasteiger partial charge in [0.15, 0.2) is 5.60 Å². The van der Waals surface area contributed by atoms with Crippen LogP contribution in [-0.4, -0.2) is 58.3 Å². The summed E-state index contributed by atoms with van der Waals surface area (Å²) in [5.41, 5.74) is -0.151. The van der Waals surface area contributed by atoms with Gasteiger partial charge in [0.05, 0.1) is 12.0 Å². The SMILES string of the molecule is N#CC(CC1CCCNC1=O)NC(=O)C1C2CCC(CC2(F)F)N1C(=O)C1(O)c2ccccc2-c2ccccc21. The average molecular weight is 549 g/mol. The molecule has 0 aromatic heterocycles. The van der Waals surface area contributed by atoms with Crippen molar-refractivity contribution >= 4 is 17.7 Å². The fraction of sp³-hybridized carbons (Fsp3) is 0.467. The lowest BCUT2D eigenvalue weighted by atomic mass is 9.70. The van der Waals surface area contributed by atoms with Crippen LogP contribution >= 0.6 is 0 Å². The number of carbonyl (C=O) groups is 3. The molecule has 3 amide bonds. The van der Waals surface area contributed by atoms with E-state index in [1.54, 1.807) is 48.5 Å². The molecule has 7 rings (SSSR count). The lowest BCUT2D eigenvalue weighted by molar-refractivity contribution is -0.201. The Kier molecular flexibility index (Phi) is 6.37. The topological polar surface area (TPSA) is 123 Å². The summed E-state index contributed by atoms with van der Waals surface area (Å²) in [6, 6.07) is 12.2. The summed E-state index contributed by atoms with van der Waals surface area (Å²) in [6.07, 6.45) is 1.06. The van der Waals surface area contributed by atoms with Gasteiger partial charge in [-0.25, -0.2) is 8.78 Å². The van der Waals surface area contributed by atoms with Gasteiger partial charge in [-0.3, -0.25) is 14.4 Å². The quantitative estimate of drug-likeness (QED) is 0.531. The molecule has 3 N–H and O–H groups in total. The van der Waals surface area contributed by atoms with Crippen LogP contribution in [0.3, 0.4) is 0 Å². The Morgan fingerprint density at radius 1 is 1.10 bits per heavy atom. The molecule has 3 heterocycles. The molecule has 3 aliphatic heterocycles. The van der Waals surface area contributed by atoms with E-state index < -0.39 is 59.7 Å². The molecular weight excluding hydrogens is 518 g/mol. The fourth-order valence-corrected chi connectivity index (χ4v) is 7.17. The van der Waals surface area contributed by atoms with E-state index in [9.17, 15) is 24.8 Å². The van der Waals surface area contributed by atoms with E-state index in [-0.39, 0.29) is 25.2 Å². The summed E-state index contributed by atoms with van der Waals surface area (Å²) in [6.45, 7) is 0.547. The number of halogens is 2. The number of nitrogens with zero attached hydrogens (tertiary/aromatic N) is 2. The van der Waals surface area contributed by atoms with Gasteiger partial charge in [0.25, 0.3) is 11.8 Å². The Balaban J connectivity index is 1.35. The minimum absolute atomic E-state index is 0.0351. The third-order valence-corrected chi connectivity index (χ3v) is 9.06. The van der Waals surface area contributed by atoms with E-state index >= 15 is 8.78 Å². The Bertz CT molecular complexity index is 1380. The number of rotatable bonds is 5. The predicted octanol–water partition coefficient (Wildman–Crippen LogP) is 2.84. The van der Waals surface area contributed by atoms with Crippen LogP contribution in [0.1, 0.15) is 49.7 Å². The second-order valence-corrected chi connectivity index (χ2v) is 11.3. The maximum absolute atomic E-state index is 15.2. The molecule has 2 aliphatic carbocycles. The number of nitrogens with one attached hydrogen (secondary N) is 2. The molecular formula is C30H30F2N4O4. The first-order chi connectivity index (χ1) is 19.2. The van der Waals surface area contributed by atoms with E-state index in [2.05, 4.69) is 10.6 Å². The number of benzene rings is 2. The fourth-order valence-electron chi connectivity index (χ4n) is 7.17. The van der Waals surface area contributed by atoms with E-state index in [0.717, 1.165) is 11.3 Å². The summed E-state index contributed by atoms with van der Waals surface area (Å²) in [5.74, 6) is -7.03. The van der Waals surface area contributed by atoms with Crippen molar-refractivity contribution in [2.45, 2.75) is 68.2 Å². The standard InChI is InChI=1S/C30H30F2N4O4/c31-29(32)15-19-11-12-24(29)25(27(38)35-18(16-33)14-17-6-5-13-34-26(17)37)36(19)28(39)30(40)22-9-3-1-7-20(22)21-8-2-4-10-23(21)30/h1-4,7-10,17-19,24-25,40H,5-6,11-15H2,(H,34,37)(H,35,38). The van der Waals surface area contributed by atoms with Crippen LogP contribution in [0.4, 0.5) is 8.78 Å². The monoisotopic (exact) mass is 548 g/mol. The predicted molar refractivity (Wildman–Crippen MR) is 139 cm³/mol. The number of nitriles is 1. The smallest absolute Gasteiger partial charge is 0.264 e. The maximum Gasteiger partial charge on any atom is 0.264 e. The molecule has 0 spiro atoms. The number of fused-ring (bicyclic) bond motifs is 6. The van der Waals surface area contributed by atoms with Gasteiger partial charge in [-0.05, 0) is 43.2 Å². The number of piperidine rings is 3. The number of aliphatic hydroxyl groups is 1. The summed E-state index contributed by atoms with van der Waals surface area (Å²) in [4.78, 5) is 41.5. The van der Waals surface area contributed by atoms with Crippen LogP contribution in [0.5, 0.6) is 0 Å². The molecule has 1 saturated carbocycles. The van der Waals surface area contributed by atoms with Crippen molar-refractivity contribution in [3.63, 3.8) is 0 Å². The van der Waals surface area contributed by atoms with Crippen LogP contribution < -0.4 is 10.6 Å². The number of hydrogen-bond donors (Lipinski definition) is 3. The van der Waals surface area contributed by atoms with Crippen LogP contribution in [-0.2, 0) is 20.0 Å². The van der Waals surface area contributed by atoms with Crippen LogP contribution in [0, 0.1) is 23.2 Å². The summed E-state index contributed by atoms with van der Waals surface area (Å²) >= 11 is 0. The lowest BCUT2D eigenvalue weighted by Crippen LogP contribution is -2.70. The summed E-state index contributed by atoms with van der Waals surface area (Å²) in [5, 5.41) is 27.2. The highest BCUT2D eigenvalue weighted by Gasteiger charge is 2.63. The van der Waals surface area contributed by atoms with Crippen LogP contribution in [0.25, 0.3) is 11.1 Å². The molecule has 208 valence electrons. The van der Waals surface area contributed by atoms with Gasteiger partial charge in [0.1, 0.15) is 12.1 Å². The van der Waals surface area contributed by atoms with Crippen molar-refractivity contribution in [3.05, 3.63) is 59.7 Å². The first kappa shape index (κ1) is 26.4. The molecule has 5 atom stereocenters. The van der Waals surface area contributed by atoms with Crippen molar-refractivity contribution in [3.8, 4) is 17.2 Å². The zero-order valence-corrected chi connectivity index (χ0v) is 21.8. The highest BCUT2D eigenvalue weighted by Crippen LogP contribution is 2.53.